The summed E-state index contributed by atoms with van der Waals surface area (Å²) >= 11 is 0. The molecule has 4 aromatic rings. The van der Waals surface area contributed by atoms with Gasteiger partial charge in [0.15, 0.2) is 0 Å². The van der Waals surface area contributed by atoms with Crippen LogP contribution in [0, 0.1) is 11.3 Å². The average molecular weight is 566 g/mol. The van der Waals surface area contributed by atoms with Gasteiger partial charge in [0.05, 0.1) is 23.0 Å². The molecule has 6 rings (SSSR count). The largest absolute Gasteiger partial charge is 0.357 e. The highest BCUT2D eigenvalue weighted by Crippen LogP contribution is 2.41. The zero-order chi connectivity index (χ0) is 29.6. The Balaban J connectivity index is 1.24. The minimum atomic E-state index is -0.364. The van der Waals surface area contributed by atoms with Crippen LogP contribution < -0.4 is 21.5 Å². The fourth-order valence-corrected chi connectivity index (χ4v) is 5.76. The third-order valence-electron chi connectivity index (χ3n) is 8.18. The number of hydrogen-bond acceptors (Lipinski definition) is 7. The van der Waals surface area contributed by atoms with E-state index in [0.717, 1.165) is 42.5 Å². The standard InChI is InChI=1S/C31H35N9O2/c1-31(2,3)25-15-26(40(38-25)21-11-9-18(16-32)10-12-21)36-30(42)35-24-14-22(24)23-13-19-17-34-29(33-4)37-27(19)39(28(23)41)20-7-5-6-8-20/h9-13,15,17,20,22,24H,5-8,14H2,1-4H3,(H,33,34,37)(H2,35,36,42). The predicted molar refractivity (Wildman–Crippen MR) is 161 cm³/mol. The summed E-state index contributed by atoms with van der Waals surface area (Å²) in [6.45, 7) is 6.18. The van der Waals surface area contributed by atoms with Crippen LogP contribution in [0.2, 0.25) is 0 Å². The summed E-state index contributed by atoms with van der Waals surface area (Å²) in [5.41, 5.74) is 3.18. The van der Waals surface area contributed by atoms with E-state index < -0.39 is 0 Å². The zero-order valence-corrected chi connectivity index (χ0v) is 24.3. The van der Waals surface area contributed by atoms with E-state index in [1.54, 1.807) is 42.2 Å². The van der Waals surface area contributed by atoms with Gasteiger partial charge in [-0.1, -0.05) is 33.6 Å². The van der Waals surface area contributed by atoms with Crippen LogP contribution in [0.4, 0.5) is 16.6 Å². The quantitative estimate of drug-likeness (QED) is 0.299. The maximum atomic E-state index is 13.8. The monoisotopic (exact) mass is 565 g/mol. The van der Waals surface area contributed by atoms with Gasteiger partial charge in [0.1, 0.15) is 11.5 Å². The first-order chi connectivity index (χ1) is 20.2. The molecule has 11 nitrogen and oxygen atoms in total. The number of anilines is 2. The lowest BCUT2D eigenvalue weighted by atomic mass is 9.92. The number of hydrogen-bond donors (Lipinski definition) is 3. The van der Waals surface area contributed by atoms with Crippen LogP contribution >= 0.6 is 0 Å². The fraction of sp³-hybridized carbons (Fsp3) is 0.419. The van der Waals surface area contributed by atoms with Crippen molar-refractivity contribution in [2.24, 2.45) is 0 Å². The molecule has 2 unspecified atom stereocenters. The molecule has 0 spiro atoms. The molecule has 42 heavy (non-hydrogen) atoms. The number of aromatic nitrogens is 5. The molecule has 0 saturated heterocycles. The van der Waals surface area contributed by atoms with Crippen LogP contribution in [-0.4, -0.2) is 43.4 Å². The number of nitrogens with zero attached hydrogens (tertiary/aromatic N) is 6. The van der Waals surface area contributed by atoms with E-state index in [2.05, 4.69) is 52.8 Å². The van der Waals surface area contributed by atoms with E-state index >= 15 is 0 Å². The SMILES string of the molecule is CNc1ncc2cc(C3CC3NC(=O)Nc3cc(C(C)(C)C)nn3-c3ccc(C#N)cc3)c(=O)n(C3CCCC3)c2n1. The van der Waals surface area contributed by atoms with Gasteiger partial charge in [-0.15, -0.1) is 0 Å². The molecule has 2 fully saturated rings. The van der Waals surface area contributed by atoms with Crippen molar-refractivity contribution in [1.29, 1.82) is 5.26 Å². The van der Waals surface area contributed by atoms with Gasteiger partial charge in [-0.2, -0.15) is 15.3 Å². The Morgan fingerprint density at radius 3 is 2.52 bits per heavy atom. The maximum Gasteiger partial charge on any atom is 0.320 e. The van der Waals surface area contributed by atoms with E-state index in [0.29, 0.717) is 35.0 Å². The summed E-state index contributed by atoms with van der Waals surface area (Å²) in [6, 6.07) is 12.5. The van der Waals surface area contributed by atoms with Gasteiger partial charge in [-0.3, -0.25) is 14.7 Å². The summed E-state index contributed by atoms with van der Waals surface area (Å²) in [6.07, 6.45) is 6.53. The number of benzene rings is 1. The van der Waals surface area contributed by atoms with Crippen molar-refractivity contribution < 1.29 is 4.79 Å². The fourth-order valence-electron chi connectivity index (χ4n) is 5.76. The molecule has 216 valence electrons. The second-order valence-electron chi connectivity index (χ2n) is 12.2. The Kier molecular flexibility index (Phi) is 6.93. The second-order valence-corrected chi connectivity index (χ2v) is 12.2. The second kappa shape index (κ2) is 10.6. The molecule has 2 aliphatic rings. The highest BCUT2D eigenvalue weighted by atomic mass is 16.2. The molecular formula is C31H35N9O2. The minimum Gasteiger partial charge on any atom is -0.357 e. The van der Waals surface area contributed by atoms with Crippen LogP contribution in [0.15, 0.2) is 47.4 Å². The number of pyridine rings is 1. The van der Waals surface area contributed by atoms with Crippen LogP contribution in [0.25, 0.3) is 16.7 Å². The Hall–Kier alpha value is -4.72. The van der Waals surface area contributed by atoms with Crippen molar-refractivity contribution >= 4 is 28.8 Å². The van der Waals surface area contributed by atoms with Gasteiger partial charge < -0.3 is 10.6 Å². The van der Waals surface area contributed by atoms with Crippen molar-refractivity contribution in [3.63, 3.8) is 0 Å². The highest BCUT2D eigenvalue weighted by Gasteiger charge is 2.42. The van der Waals surface area contributed by atoms with Gasteiger partial charge in [-0.25, -0.2) is 14.5 Å². The Morgan fingerprint density at radius 1 is 1.12 bits per heavy atom. The molecular weight excluding hydrogens is 530 g/mol. The summed E-state index contributed by atoms with van der Waals surface area (Å²) in [4.78, 5) is 36.1. The normalized spacial score (nSPS) is 18.5. The predicted octanol–water partition coefficient (Wildman–Crippen LogP) is 4.98. The lowest BCUT2D eigenvalue weighted by Gasteiger charge is -2.18. The van der Waals surface area contributed by atoms with Gasteiger partial charge in [0.2, 0.25) is 5.95 Å². The van der Waals surface area contributed by atoms with Crippen molar-refractivity contribution in [2.45, 2.75) is 76.3 Å². The average Bonchev–Trinajstić information content (AvgIpc) is 3.32. The number of fused-ring (bicyclic) bond motifs is 1. The van der Waals surface area contributed by atoms with E-state index in [4.69, 9.17) is 5.10 Å². The van der Waals surface area contributed by atoms with E-state index in [-0.39, 0.29) is 35.0 Å². The molecule has 3 N–H and O–H groups in total. The van der Waals surface area contributed by atoms with Gasteiger partial charge >= 0.3 is 6.03 Å². The molecule has 2 atom stereocenters. The van der Waals surface area contributed by atoms with Crippen molar-refractivity contribution in [2.75, 3.05) is 17.7 Å². The van der Waals surface area contributed by atoms with Gasteiger partial charge in [-0.05, 0) is 49.6 Å². The topological polar surface area (TPSA) is 143 Å². The van der Waals surface area contributed by atoms with Gasteiger partial charge in [0.25, 0.3) is 5.56 Å². The summed E-state index contributed by atoms with van der Waals surface area (Å²) in [5.74, 6) is 0.919. The Bertz CT molecular complexity index is 1750. The molecule has 11 heteroatoms. The number of urea groups is 1. The maximum absolute atomic E-state index is 13.8. The number of carbonyl (C=O) groups is 1. The summed E-state index contributed by atoms with van der Waals surface area (Å²) in [5, 5.41) is 23.7. The van der Waals surface area contributed by atoms with Crippen LogP contribution in [0.1, 0.15) is 81.7 Å². The summed E-state index contributed by atoms with van der Waals surface area (Å²) in [7, 11) is 1.76. The lowest BCUT2D eigenvalue weighted by molar-refractivity contribution is 0.251. The minimum absolute atomic E-state index is 0.0291. The summed E-state index contributed by atoms with van der Waals surface area (Å²) < 4.78 is 3.54. The molecule has 1 aromatic carbocycles. The lowest BCUT2D eigenvalue weighted by Crippen LogP contribution is -2.33. The van der Waals surface area contributed by atoms with Gasteiger partial charge in [0, 0.05) is 53.7 Å². The molecule has 0 bridgehead atoms. The number of nitriles is 1. The Morgan fingerprint density at radius 2 is 1.86 bits per heavy atom. The smallest absolute Gasteiger partial charge is 0.320 e. The molecule has 2 aliphatic carbocycles. The first-order valence-corrected chi connectivity index (χ1v) is 14.4. The van der Waals surface area contributed by atoms with Crippen molar-refractivity contribution in [3.05, 3.63) is 69.8 Å². The molecule has 2 saturated carbocycles. The highest BCUT2D eigenvalue weighted by molar-refractivity contribution is 5.89. The first kappa shape index (κ1) is 27.4. The third kappa shape index (κ3) is 5.20. The van der Waals surface area contributed by atoms with Crippen LogP contribution in [0.3, 0.4) is 0 Å². The number of rotatable bonds is 6. The van der Waals surface area contributed by atoms with Crippen LogP contribution in [0.5, 0.6) is 0 Å². The first-order valence-electron chi connectivity index (χ1n) is 14.4. The molecule has 2 amide bonds. The number of nitrogens with one attached hydrogen (secondary N) is 3. The number of amides is 2. The zero-order valence-electron chi connectivity index (χ0n) is 24.3. The molecule has 0 aliphatic heterocycles. The van der Waals surface area contributed by atoms with Crippen LogP contribution in [-0.2, 0) is 5.41 Å². The van der Waals surface area contributed by atoms with E-state index in [1.165, 1.54) is 0 Å². The molecule has 3 aromatic heterocycles. The molecule has 3 heterocycles. The Labute approximate surface area is 244 Å². The van der Waals surface area contributed by atoms with E-state index in [9.17, 15) is 14.9 Å². The number of carbonyl (C=O) groups excluding carboxylic acids is 1. The van der Waals surface area contributed by atoms with E-state index in [1.807, 2.05) is 16.7 Å². The van der Waals surface area contributed by atoms with Crippen molar-refractivity contribution in [3.8, 4) is 11.8 Å². The third-order valence-corrected chi connectivity index (χ3v) is 8.18. The van der Waals surface area contributed by atoms with Crippen molar-refractivity contribution in [1.82, 2.24) is 29.6 Å². The molecule has 0 radical (unpaired) electrons.